The van der Waals surface area contributed by atoms with Crippen molar-refractivity contribution in [1.82, 2.24) is 24.0 Å². The number of H-pyrrole nitrogens is 1. The summed E-state index contributed by atoms with van der Waals surface area (Å²) in [5, 5.41) is 24.0. The van der Waals surface area contributed by atoms with Gasteiger partial charge in [0.05, 0.1) is 18.0 Å². The summed E-state index contributed by atoms with van der Waals surface area (Å²) in [7, 11) is 1.95. The zero-order chi connectivity index (χ0) is 23.7. The lowest BCUT2D eigenvalue weighted by molar-refractivity contribution is 0.292. The highest BCUT2D eigenvalue weighted by Crippen LogP contribution is 2.35. The normalized spacial score (nSPS) is 11.4. The fourth-order valence-corrected chi connectivity index (χ4v) is 4.70. The zero-order valence-electron chi connectivity index (χ0n) is 19.0. The molecule has 5 rings (SSSR count). The number of fused-ring (bicyclic) bond motifs is 2. The molecule has 0 radical (unpaired) electrons. The van der Waals surface area contributed by atoms with Gasteiger partial charge in [-0.05, 0) is 25.1 Å². The molecule has 172 valence electrons. The number of aromatic nitrogens is 4. The summed E-state index contributed by atoms with van der Waals surface area (Å²) in [5.74, 6) is 0. The van der Waals surface area contributed by atoms with Crippen LogP contribution in [0.25, 0.3) is 38.8 Å². The van der Waals surface area contributed by atoms with Crippen LogP contribution in [0.2, 0.25) is 0 Å². The van der Waals surface area contributed by atoms with Gasteiger partial charge >= 0.3 is 5.69 Å². The molecular formula is C26H26N6O2. The fraction of sp³-hybridized carbons (Fsp3) is 0.231. The van der Waals surface area contributed by atoms with E-state index in [1.165, 1.54) is 0 Å². The summed E-state index contributed by atoms with van der Waals surface area (Å²) in [6, 6.07) is 18.2. The van der Waals surface area contributed by atoms with Crippen LogP contribution in [0.4, 0.5) is 0 Å². The van der Waals surface area contributed by atoms with Gasteiger partial charge in [0.2, 0.25) is 0 Å². The van der Waals surface area contributed by atoms with Crippen molar-refractivity contribution in [2.45, 2.75) is 13.0 Å². The number of aryl methyl sites for hydroxylation is 2. The van der Waals surface area contributed by atoms with Crippen LogP contribution in [-0.4, -0.2) is 43.5 Å². The van der Waals surface area contributed by atoms with Crippen LogP contribution in [-0.2, 0) is 13.6 Å². The summed E-state index contributed by atoms with van der Waals surface area (Å²) < 4.78 is 5.77. The highest BCUT2D eigenvalue weighted by molar-refractivity contribution is 5.98. The second-order valence-electron chi connectivity index (χ2n) is 8.32. The molecule has 0 aliphatic heterocycles. The summed E-state index contributed by atoms with van der Waals surface area (Å²) in [6.07, 6.45) is 4.84. The van der Waals surface area contributed by atoms with Crippen LogP contribution in [0.15, 0.2) is 65.7 Å². The van der Waals surface area contributed by atoms with Crippen LogP contribution >= 0.6 is 0 Å². The smallest absolute Gasteiger partial charge is 0.331 e. The minimum Gasteiger partial charge on any atom is -0.395 e. The molecule has 34 heavy (non-hydrogen) atoms. The molecule has 0 bridgehead atoms. The van der Waals surface area contributed by atoms with E-state index in [1.54, 1.807) is 4.57 Å². The highest BCUT2D eigenvalue weighted by Gasteiger charge is 2.23. The van der Waals surface area contributed by atoms with Gasteiger partial charge in [0.15, 0.2) is 0 Å². The minimum absolute atomic E-state index is 0.118. The average molecular weight is 455 g/mol. The molecule has 0 amide bonds. The SMILES string of the molecule is Cn1cc(-n2c(-c3cn(CCCNCCO)c4ccccc34)c(C#N)[nH]c2=O)c2ccccc21. The van der Waals surface area contributed by atoms with Gasteiger partial charge in [-0.25, -0.2) is 4.79 Å². The van der Waals surface area contributed by atoms with Gasteiger partial charge in [-0.2, -0.15) is 5.26 Å². The summed E-state index contributed by atoms with van der Waals surface area (Å²) in [5.41, 5.74) is 4.09. The van der Waals surface area contributed by atoms with Gasteiger partial charge in [0.25, 0.3) is 0 Å². The molecule has 2 aromatic carbocycles. The molecule has 3 aromatic heterocycles. The van der Waals surface area contributed by atoms with Crippen molar-refractivity contribution in [2.75, 3.05) is 19.7 Å². The Kier molecular flexibility index (Phi) is 5.80. The molecule has 8 heteroatoms. The number of imidazole rings is 1. The Morgan fingerprint density at radius 3 is 2.53 bits per heavy atom. The third-order valence-corrected chi connectivity index (χ3v) is 6.21. The molecule has 5 aromatic rings. The largest absolute Gasteiger partial charge is 0.395 e. The van der Waals surface area contributed by atoms with Crippen LogP contribution in [0, 0.1) is 11.3 Å². The van der Waals surface area contributed by atoms with Crippen molar-refractivity contribution >= 4 is 21.8 Å². The van der Waals surface area contributed by atoms with Crippen molar-refractivity contribution in [3.8, 4) is 23.0 Å². The number of rotatable bonds is 8. The second kappa shape index (κ2) is 9.06. The number of nitrogens with zero attached hydrogens (tertiary/aromatic N) is 4. The Morgan fingerprint density at radius 1 is 1.03 bits per heavy atom. The fourth-order valence-electron chi connectivity index (χ4n) is 4.70. The molecule has 0 saturated heterocycles. The lowest BCUT2D eigenvalue weighted by Gasteiger charge is -2.07. The Hall–Kier alpha value is -4.06. The van der Waals surface area contributed by atoms with Crippen molar-refractivity contribution in [1.29, 1.82) is 5.26 Å². The van der Waals surface area contributed by atoms with Crippen LogP contribution in [0.1, 0.15) is 12.1 Å². The lowest BCUT2D eigenvalue weighted by Crippen LogP contribution is -2.20. The average Bonchev–Trinajstić information content (AvgIpc) is 3.50. The maximum atomic E-state index is 13.2. The van der Waals surface area contributed by atoms with E-state index in [9.17, 15) is 10.1 Å². The standard InChI is InChI=1S/C26H26N6O2/c1-30-17-24(19-8-3-4-9-22(19)30)32-25(21(15-27)29-26(32)34)20-16-31(13-6-11-28-12-14-33)23-10-5-2-7-18(20)23/h2-5,7-10,16-17,28,33H,6,11-14H2,1H3,(H,29,34). The number of aliphatic hydroxyl groups excluding tert-OH is 1. The molecule has 3 N–H and O–H groups in total. The Balaban J connectivity index is 1.69. The minimum atomic E-state index is -0.340. The maximum absolute atomic E-state index is 13.2. The first-order chi connectivity index (χ1) is 16.6. The van der Waals surface area contributed by atoms with E-state index in [2.05, 4.69) is 27.0 Å². The highest BCUT2D eigenvalue weighted by atomic mass is 16.3. The van der Waals surface area contributed by atoms with Gasteiger partial charge in [-0.3, -0.25) is 9.55 Å². The predicted octanol–water partition coefficient (Wildman–Crippen LogP) is 3.12. The number of aromatic amines is 1. The zero-order valence-corrected chi connectivity index (χ0v) is 19.0. The number of aliphatic hydroxyl groups is 1. The van der Waals surface area contributed by atoms with Gasteiger partial charge in [-0.1, -0.05) is 36.4 Å². The molecule has 3 heterocycles. The van der Waals surface area contributed by atoms with Gasteiger partial charge in [0, 0.05) is 59.9 Å². The topological polar surface area (TPSA) is 104 Å². The van der Waals surface area contributed by atoms with E-state index in [0.717, 1.165) is 52.6 Å². The first kappa shape index (κ1) is 21.8. The van der Waals surface area contributed by atoms with E-state index < -0.39 is 0 Å². The Labute approximate surface area is 196 Å². The molecule has 0 aliphatic carbocycles. The van der Waals surface area contributed by atoms with E-state index in [-0.39, 0.29) is 18.0 Å². The molecule has 0 atom stereocenters. The second-order valence-corrected chi connectivity index (χ2v) is 8.32. The molecular weight excluding hydrogens is 428 g/mol. The van der Waals surface area contributed by atoms with Gasteiger partial charge in [0.1, 0.15) is 11.8 Å². The molecule has 0 saturated carbocycles. The predicted molar refractivity (Wildman–Crippen MR) is 133 cm³/mol. The van der Waals surface area contributed by atoms with Crippen LogP contribution in [0.3, 0.4) is 0 Å². The number of hydrogen-bond acceptors (Lipinski definition) is 4. The molecule has 0 spiro atoms. The first-order valence-corrected chi connectivity index (χ1v) is 11.3. The number of para-hydroxylation sites is 2. The third kappa shape index (κ3) is 3.61. The Morgan fingerprint density at radius 2 is 1.76 bits per heavy atom. The molecule has 0 fully saturated rings. The molecule has 8 nitrogen and oxygen atoms in total. The van der Waals surface area contributed by atoms with Crippen molar-refractivity contribution in [2.24, 2.45) is 7.05 Å². The van der Waals surface area contributed by atoms with Crippen molar-refractivity contribution in [3.63, 3.8) is 0 Å². The number of nitrogens with one attached hydrogen (secondary N) is 2. The summed E-state index contributed by atoms with van der Waals surface area (Å²) in [4.78, 5) is 15.9. The monoisotopic (exact) mass is 454 g/mol. The quantitative estimate of drug-likeness (QED) is 0.313. The number of nitriles is 1. The van der Waals surface area contributed by atoms with Gasteiger partial charge in [-0.15, -0.1) is 0 Å². The van der Waals surface area contributed by atoms with Crippen LogP contribution in [0.5, 0.6) is 0 Å². The summed E-state index contributed by atoms with van der Waals surface area (Å²) >= 11 is 0. The van der Waals surface area contributed by atoms with E-state index in [0.29, 0.717) is 12.2 Å². The maximum Gasteiger partial charge on any atom is 0.331 e. The van der Waals surface area contributed by atoms with Crippen molar-refractivity contribution in [3.05, 3.63) is 77.1 Å². The number of hydrogen-bond donors (Lipinski definition) is 3. The van der Waals surface area contributed by atoms with E-state index in [4.69, 9.17) is 5.11 Å². The van der Waals surface area contributed by atoms with E-state index >= 15 is 0 Å². The molecule has 0 aliphatic rings. The lowest BCUT2D eigenvalue weighted by atomic mass is 10.1. The van der Waals surface area contributed by atoms with Gasteiger partial charge < -0.3 is 19.6 Å². The number of benzene rings is 2. The van der Waals surface area contributed by atoms with Crippen LogP contribution < -0.4 is 11.0 Å². The molecule has 0 unspecified atom stereocenters. The van der Waals surface area contributed by atoms with Crippen molar-refractivity contribution < 1.29 is 5.11 Å². The third-order valence-electron chi connectivity index (χ3n) is 6.21. The Bertz CT molecular complexity index is 1580. The first-order valence-electron chi connectivity index (χ1n) is 11.3. The van der Waals surface area contributed by atoms with E-state index in [1.807, 2.05) is 66.5 Å². The summed E-state index contributed by atoms with van der Waals surface area (Å²) in [6.45, 7) is 2.25.